The Kier molecular flexibility index (Phi) is 4.46. The van der Waals surface area contributed by atoms with E-state index in [0.29, 0.717) is 25.1 Å². The van der Waals surface area contributed by atoms with Crippen molar-refractivity contribution in [3.8, 4) is 0 Å². The van der Waals surface area contributed by atoms with E-state index in [2.05, 4.69) is 37.2 Å². The number of carbonyl (C=O) groups excluding carboxylic acids is 1. The second kappa shape index (κ2) is 5.92. The van der Waals surface area contributed by atoms with Crippen molar-refractivity contribution in [3.05, 3.63) is 27.1 Å². The van der Waals surface area contributed by atoms with Crippen molar-refractivity contribution in [1.82, 2.24) is 4.90 Å². The van der Waals surface area contributed by atoms with E-state index < -0.39 is 12.0 Å². The van der Waals surface area contributed by atoms with Crippen LogP contribution < -0.4 is 5.32 Å². The quantitative estimate of drug-likeness (QED) is 0.812. The first kappa shape index (κ1) is 14.3. The summed E-state index contributed by atoms with van der Waals surface area (Å²) in [5.41, 5.74) is 0.607. The van der Waals surface area contributed by atoms with E-state index in [1.165, 1.54) is 4.90 Å². The zero-order valence-electron chi connectivity index (χ0n) is 9.90. The lowest BCUT2D eigenvalue weighted by Crippen LogP contribution is -2.42. The molecule has 2 rings (SSSR count). The Morgan fingerprint density at radius 2 is 2.11 bits per heavy atom. The molecule has 0 saturated carbocycles. The maximum atomic E-state index is 12.1. The number of aliphatic carboxylic acids is 1. The minimum absolute atomic E-state index is 0.385. The molecule has 1 aromatic rings. The predicted octanol–water partition coefficient (Wildman–Crippen LogP) is 3.29. The van der Waals surface area contributed by atoms with Crippen LogP contribution in [0, 0.1) is 0 Å². The van der Waals surface area contributed by atoms with Gasteiger partial charge in [-0.1, -0.05) is 15.9 Å². The van der Waals surface area contributed by atoms with Crippen LogP contribution in [-0.4, -0.2) is 34.6 Å². The molecule has 1 aromatic carbocycles. The smallest absolute Gasteiger partial charge is 0.326 e. The van der Waals surface area contributed by atoms with E-state index in [4.69, 9.17) is 5.11 Å². The van der Waals surface area contributed by atoms with E-state index in [1.807, 2.05) is 6.07 Å². The van der Waals surface area contributed by atoms with Crippen LogP contribution in [0.5, 0.6) is 0 Å². The van der Waals surface area contributed by atoms with E-state index >= 15 is 0 Å². The SMILES string of the molecule is O=C(O)[C@@H]1CCCN1C(=O)Nc1cc(Br)ccc1Br. The Morgan fingerprint density at radius 1 is 1.37 bits per heavy atom. The summed E-state index contributed by atoms with van der Waals surface area (Å²) in [5, 5.41) is 11.8. The minimum atomic E-state index is -0.957. The number of benzene rings is 1. The minimum Gasteiger partial charge on any atom is -0.480 e. The number of nitrogens with zero attached hydrogens (tertiary/aromatic N) is 1. The van der Waals surface area contributed by atoms with Crippen LogP contribution in [-0.2, 0) is 4.79 Å². The molecule has 0 aliphatic carbocycles. The summed E-state index contributed by atoms with van der Waals surface area (Å²) < 4.78 is 1.58. The van der Waals surface area contributed by atoms with Crippen LogP contribution in [0.2, 0.25) is 0 Å². The molecule has 5 nitrogen and oxygen atoms in total. The van der Waals surface area contributed by atoms with Gasteiger partial charge in [-0.15, -0.1) is 0 Å². The molecule has 2 N–H and O–H groups in total. The fourth-order valence-electron chi connectivity index (χ4n) is 2.05. The topological polar surface area (TPSA) is 69.6 Å². The lowest BCUT2D eigenvalue weighted by molar-refractivity contribution is -0.141. The summed E-state index contributed by atoms with van der Waals surface area (Å²) in [7, 11) is 0. The number of nitrogens with one attached hydrogen (secondary N) is 1. The molecule has 0 spiro atoms. The maximum absolute atomic E-state index is 12.1. The zero-order chi connectivity index (χ0) is 14.0. The molecule has 19 heavy (non-hydrogen) atoms. The summed E-state index contributed by atoms with van der Waals surface area (Å²) in [6, 6.07) is 4.29. The van der Waals surface area contributed by atoms with Gasteiger partial charge in [0, 0.05) is 15.5 Å². The van der Waals surface area contributed by atoms with Crippen LogP contribution >= 0.6 is 31.9 Å². The van der Waals surface area contributed by atoms with Gasteiger partial charge in [0.2, 0.25) is 0 Å². The zero-order valence-corrected chi connectivity index (χ0v) is 13.1. The molecule has 1 aliphatic rings. The molecule has 1 heterocycles. The van der Waals surface area contributed by atoms with E-state index in [1.54, 1.807) is 12.1 Å². The molecule has 1 saturated heterocycles. The molecular weight excluding hydrogens is 380 g/mol. The molecule has 7 heteroatoms. The third kappa shape index (κ3) is 3.27. The Bertz CT molecular complexity index is 522. The first-order valence-corrected chi connectivity index (χ1v) is 7.33. The number of carboxylic acids is 1. The van der Waals surface area contributed by atoms with Crippen molar-refractivity contribution in [2.75, 3.05) is 11.9 Å². The van der Waals surface area contributed by atoms with Gasteiger partial charge in [-0.05, 0) is 47.0 Å². The number of urea groups is 1. The second-order valence-corrected chi connectivity index (χ2v) is 6.01. The molecule has 102 valence electrons. The van der Waals surface area contributed by atoms with Gasteiger partial charge in [0.05, 0.1) is 5.69 Å². The summed E-state index contributed by atoms with van der Waals surface area (Å²) in [5.74, 6) is -0.957. The van der Waals surface area contributed by atoms with Crippen LogP contribution in [0.15, 0.2) is 27.1 Å². The normalized spacial score (nSPS) is 18.4. The summed E-state index contributed by atoms with van der Waals surface area (Å²) >= 11 is 6.67. The number of amides is 2. The van der Waals surface area contributed by atoms with Crippen LogP contribution in [0.25, 0.3) is 0 Å². The summed E-state index contributed by atoms with van der Waals surface area (Å²) in [6.07, 6.45) is 1.21. The maximum Gasteiger partial charge on any atom is 0.326 e. The van der Waals surface area contributed by atoms with E-state index in [9.17, 15) is 9.59 Å². The number of halogens is 2. The molecule has 1 aliphatic heterocycles. The Hall–Kier alpha value is -1.08. The van der Waals surface area contributed by atoms with Crippen molar-refractivity contribution in [2.45, 2.75) is 18.9 Å². The van der Waals surface area contributed by atoms with Crippen molar-refractivity contribution >= 4 is 49.5 Å². The Balaban J connectivity index is 2.12. The third-order valence-electron chi connectivity index (χ3n) is 2.97. The lowest BCUT2D eigenvalue weighted by atomic mass is 10.2. The number of hydrogen-bond donors (Lipinski definition) is 2. The molecule has 0 aromatic heterocycles. The molecule has 0 radical (unpaired) electrons. The number of anilines is 1. The first-order valence-electron chi connectivity index (χ1n) is 5.74. The number of likely N-dealkylation sites (tertiary alicyclic amines) is 1. The standard InChI is InChI=1S/C12H12Br2N2O3/c13-7-3-4-8(14)9(6-7)15-12(19)16-5-1-2-10(16)11(17)18/h3-4,6,10H,1-2,5H2,(H,15,19)(H,17,18)/t10-/m0/s1. The Morgan fingerprint density at radius 3 is 2.79 bits per heavy atom. The fraction of sp³-hybridized carbons (Fsp3) is 0.333. The molecule has 1 atom stereocenters. The first-order chi connectivity index (χ1) is 8.99. The summed E-state index contributed by atoms with van der Waals surface area (Å²) in [4.78, 5) is 24.5. The van der Waals surface area contributed by atoms with Crippen LogP contribution in [0.1, 0.15) is 12.8 Å². The molecule has 0 bridgehead atoms. The van der Waals surface area contributed by atoms with Gasteiger partial charge in [0.25, 0.3) is 0 Å². The van der Waals surface area contributed by atoms with Crippen molar-refractivity contribution in [3.63, 3.8) is 0 Å². The van der Waals surface area contributed by atoms with Gasteiger partial charge in [-0.25, -0.2) is 9.59 Å². The van der Waals surface area contributed by atoms with Gasteiger partial charge >= 0.3 is 12.0 Å². The number of carbonyl (C=O) groups is 2. The van der Waals surface area contributed by atoms with Crippen molar-refractivity contribution in [1.29, 1.82) is 0 Å². The highest BCUT2D eigenvalue weighted by molar-refractivity contribution is 9.11. The molecule has 0 unspecified atom stereocenters. The summed E-state index contributed by atoms with van der Waals surface area (Å²) in [6.45, 7) is 0.467. The van der Waals surface area contributed by atoms with Gasteiger partial charge in [-0.3, -0.25) is 0 Å². The third-order valence-corrected chi connectivity index (χ3v) is 4.15. The highest BCUT2D eigenvalue weighted by atomic mass is 79.9. The second-order valence-electron chi connectivity index (χ2n) is 4.24. The monoisotopic (exact) mass is 390 g/mol. The highest BCUT2D eigenvalue weighted by Gasteiger charge is 2.34. The van der Waals surface area contributed by atoms with E-state index in [-0.39, 0.29) is 6.03 Å². The van der Waals surface area contributed by atoms with Gasteiger partial charge in [0.15, 0.2) is 0 Å². The largest absolute Gasteiger partial charge is 0.480 e. The Labute approximate surface area is 127 Å². The van der Waals surface area contributed by atoms with Crippen LogP contribution in [0.3, 0.4) is 0 Å². The van der Waals surface area contributed by atoms with Crippen molar-refractivity contribution < 1.29 is 14.7 Å². The fourth-order valence-corrected chi connectivity index (χ4v) is 2.75. The average Bonchev–Trinajstić information content (AvgIpc) is 2.83. The van der Waals surface area contributed by atoms with Gasteiger partial charge in [0.1, 0.15) is 6.04 Å². The number of hydrogen-bond acceptors (Lipinski definition) is 2. The number of rotatable bonds is 2. The lowest BCUT2D eigenvalue weighted by Gasteiger charge is -2.22. The molecular formula is C12H12Br2N2O3. The van der Waals surface area contributed by atoms with Crippen LogP contribution in [0.4, 0.5) is 10.5 Å². The molecule has 1 fully saturated rings. The van der Waals surface area contributed by atoms with E-state index in [0.717, 1.165) is 8.95 Å². The molecule has 2 amide bonds. The van der Waals surface area contributed by atoms with Crippen molar-refractivity contribution in [2.24, 2.45) is 0 Å². The van der Waals surface area contributed by atoms with Gasteiger partial charge < -0.3 is 15.3 Å². The highest BCUT2D eigenvalue weighted by Crippen LogP contribution is 2.27. The average molecular weight is 392 g/mol. The van der Waals surface area contributed by atoms with Gasteiger partial charge in [-0.2, -0.15) is 0 Å². The number of carboxylic acid groups (broad SMARTS) is 1. The predicted molar refractivity (Wildman–Crippen MR) is 78.2 cm³/mol.